The Morgan fingerprint density at radius 1 is 1.53 bits per heavy atom. The zero-order valence-electron chi connectivity index (χ0n) is 8.11. The van der Waals surface area contributed by atoms with E-state index in [-0.39, 0.29) is 0 Å². The van der Waals surface area contributed by atoms with E-state index < -0.39 is 0 Å². The molecule has 74 valence electrons. The van der Waals surface area contributed by atoms with Crippen LogP contribution in [-0.2, 0) is 0 Å². The van der Waals surface area contributed by atoms with Crippen LogP contribution in [0.5, 0.6) is 0 Å². The van der Waals surface area contributed by atoms with Gasteiger partial charge in [-0.25, -0.2) is 4.98 Å². The van der Waals surface area contributed by atoms with Gasteiger partial charge >= 0.3 is 0 Å². The lowest BCUT2D eigenvalue weighted by Crippen LogP contribution is -1.99. The number of aromatic nitrogens is 2. The molecule has 3 nitrogen and oxygen atoms in total. The lowest BCUT2D eigenvalue weighted by molar-refractivity contribution is 0.974. The maximum absolute atomic E-state index is 8.90. The Kier molecular flexibility index (Phi) is 2.57. The van der Waals surface area contributed by atoms with E-state index in [0.717, 1.165) is 15.9 Å². The molecule has 0 bridgehead atoms. The fourth-order valence-electron chi connectivity index (χ4n) is 1.36. The number of hydrogen-bond acceptors (Lipinski definition) is 2. The van der Waals surface area contributed by atoms with Crippen molar-refractivity contribution in [3.8, 4) is 11.9 Å². The van der Waals surface area contributed by atoms with Crippen LogP contribution in [0.25, 0.3) is 5.82 Å². The zero-order chi connectivity index (χ0) is 10.8. The summed E-state index contributed by atoms with van der Waals surface area (Å²) >= 11 is 3.44. The van der Waals surface area contributed by atoms with E-state index in [1.165, 1.54) is 0 Å². The van der Waals surface area contributed by atoms with E-state index >= 15 is 0 Å². The first-order chi connectivity index (χ1) is 7.22. The number of nitrogens with zero attached hydrogens (tertiary/aromatic N) is 3. The van der Waals surface area contributed by atoms with Crippen LogP contribution in [0, 0.1) is 18.3 Å². The number of aryl methyl sites for hydroxylation is 1. The molecule has 0 aliphatic rings. The van der Waals surface area contributed by atoms with Gasteiger partial charge in [0.2, 0.25) is 0 Å². The predicted molar refractivity (Wildman–Crippen MR) is 60.7 cm³/mol. The summed E-state index contributed by atoms with van der Waals surface area (Å²) in [5.41, 5.74) is 1.66. The number of halogens is 1. The Hall–Kier alpha value is -1.60. The molecule has 0 N–H and O–H groups in total. The Morgan fingerprint density at radius 2 is 2.33 bits per heavy atom. The number of nitriles is 1. The molecule has 0 aliphatic carbocycles. The molecule has 2 aromatic rings. The lowest BCUT2D eigenvalue weighted by atomic mass is 10.3. The maximum atomic E-state index is 8.90. The van der Waals surface area contributed by atoms with Crippen molar-refractivity contribution in [1.82, 2.24) is 9.55 Å². The van der Waals surface area contributed by atoms with Gasteiger partial charge in [0.1, 0.15) is 11.8 Å². The van der Waals surface area contributed by atoms with Crippen LogP contribution in [0.2, 0.25) is 0 Å². The first kappa shape index (κ1) is 9.94. The van der Waals surface area contributed by atoms with Crippen molar-refractivity contribution in [2.75, 3.05) is 0 Å². The highest BCUT2D eigenvalue weighted by atomic mass is 79.9. The average Bonchev–Trinajstić information content (AvgIpc) is 2.65. The Bertz CT molecular complexity index is 537. The second-order valence-corrected chi connectivity index (χ2v) is 4.05. The monoisotopic (exact) mass is 261 g/mol. The molecule has 2 rings (SSSR count). The normalized spacial score (nSPS) is 9.93. The van der Waals surface area contributed by atoms with Crippen molar-refractivity contribution < 1.29 is 0 Å². The molecule has 0 amide bonds. The van der Waals surface area contributed by atoms with Crippen LogP contribution in [-0.4, -0.2) is 9.55 Å². The summed E-state index contributed by atoms with van der Waals surface area (Å²) in [7, 11) is 0. The fourth-order valence-corrected chi connectivity index (χ4v) is 2.01. The van der Waals surface area contributed by atoms with Gasteiger partial charge < -0.3 is 0 Å². The van der Waals surface area contributed by atoms with E-state index in [2.05, 4.69) is 27.0 Å². The van der Waals surface area contributed by atoms with Gasteiger partial charge in [0.25, 0.3) is 0 Å². The molecule has 0 radical (unpaired) electrons. The van der Waals surface area contributed by atoms with Gasteiger partial charge in [0, 0.05) is 12.4 Å². The molecule has 0 saturated heterocycles. The largest absolute Gasteiger partial charge is 0.292 e. The number of rotatable bonds is 1. The zero-order valence-corrected chi connectivity index (χ0v) is 9.69. The number of pyridine rings is 1. The van der Waals surface area contributed by atoms with Crippen molar-refractivity contribution in [3.05, 3.63) is 46.3 Å². The standard InChI is InChI=1S/C11H8BrN3/c1-8-5-10(12)11(14-7-8)15-4-2-3-9(15)6-13/h2-5,7H,1H3. The van der Waals surface area contributed by atoms with E-state index in [0.29, 0.717) is 5.69 Å². The second-order valence-electron chi connectivity index (χ2n) is 3.19. The highest BCUT2D eigenvalue weighted by Crippen LogP contribution is 2.21. The second kappa shape index (κ2) is 3.87. The third-order valence-corrected chi connectivity index (χ3v) is 2.63. The van der Waals surface area contributed by atoms with Crippen LogP contribution in [0.1, 0.15) is 11.3 Å². The van der Waals surface area contributed by atoms with E-state index in [1.807, 2.05) is 25.3 Å². The summed E-state index contributed by atoms with van der Waals surface area (Å²) in [4.78, 5) is 4.29. The Balaban J connectivity index is 2.60. The van der Waals surface area contributed by atoms with Crippen LogP contribution >= 0.6 is 15.9 Å². The molecule has 0 saturated carbocycles. The van der Waals surface area contributed by atoms with Crippen molar-refractivity contribution in [1.29, 1.82) is 5.26 Å². The van der Waals surface area contributed by atoms with Crippen molar-refractivity contribution in [2.45, 2.75) is 6.92 Å². The van der Waals surface area contributed by atoms with Gasteiger partial charge in [0.15, 0.2) is 5.82 Å². The predicted octanol–water partition coefficient (Wildman–Crippen LogP) is 2.81. The van der Waals surface area contributed by atoms with Crippen LogP contribution < -0.4 is 0 Å². The van der Waals surface area contributed by atoms with Crippen molar-refractivity contribution >= 4 is 15.9 Å². The van der Waals surface area contributed by atoms with Gasteiger partial charge in [-0.3, -0.25) is 4.57 Å². The highest BCUT2D eigenvalue weighted by Gasteiger charge is 2.07. The van der Waals surface area contributed by atoms with Crippen LogP contribution in [0.15, 0.2) is 35.1 Å². The van der Waals surface area contributed by atoms with E-state index in [4.69, 9.17) is 5.26 Å². The molecule has 0 atom stereocenters. The third-order valence-electron chi connectivity index (χ3n) is 2.05. The molecule has 0 spiro atoms. The minimum absolute atomic E-state index is 0.576. The lowest BCUT2D eigenvalue weighted by Gasteiger charge is -2.06. The van der Waals surface area contributed by atoms with Crippen LogP contribution in [0.3, 0.4) is 0 Å². The van der Waals surface area contributed by atoms with Gasteiger partial charge in [0.05, 0.1) is 4.47 Å². The maximum Gasteiger partial charge on any atom is 0.151 e. The van der Waals surface area contributed by atoms with Crippen molar-refractivity contribution in [3.63, 3.8) is 0 Å². The average molecular weight is 262 g/mol. The first-order valence-corrected chi connectivity index (χ1v) is 5.21. The molecule has 4 heteroatoms. The van der Waals surface area contributed by atoms with Crippen molar-refractivity contribution in [2.24, 2.45) is 0 Å². The Morgan fingerprint density at radius 3 is 3.00 bits per heavy atom. The summed E-state index contributed by atoms with van der Waals surface area (Å²) in [6, 6.07) is 7.68. The molecule has 15 heavy (non-hydrogen) atoms. The van der Waals surface area contributed by atoms with E-state index in [1.54, 1.807) is 16.8 Å². The van der Waals surface area contributed by atoms with Gasteiger partial charge in [-0.05, 0) is 46.6 Å². The van der Waals surface area contributed by atoms with E-state index in [9.17, 15) is 0 Å². The molecule has 2 aromatic heterocycles. The molecule has 2 heterocycles. The molecule has 0 aromatic carbocycles. The minimum atomic E-state index is 0.576. The number of hydrogen-bond donors (Lipinski definition) is 0. The smallest absolute Gasteiger partial charge is 0.151 e. The summed E-state index contributed by atoms with van der Waals surface area (Å²) in [6.45, 7) is 1.97. The summed E-state index contributed by atoms with van der Waals surface area (Å²) in [5.74, 6) is 0.738. The van der Waals surface area contributed by atoms with Gasteiger partial charge in [-0.1, -0.05) is 0 Å². The van der Waals surface area contributed by atoms with Gasteiger partial charge in [-0.2, -0.15) is 5.26 Å². The quantitative estimate of drug-likeness (QED) is 0.792. The molecule has 0 aliphatic heterocycles. The highest BCUT2D eigenvalue weighted by molar-refractivity contribution is 9.10. The molecular formula is C11H8BrN3. The fraction of sp³-hybridized carbons (Fsp3) is 0.0909. The molecule has 0 unspecified atom stereocenters. The summed E-state index contributed by atoms with van der Waals surface area (Å²) in [5, 5.41) is 8.90. The third kappa shape index (κ3) is 1.79. The molecule has 0 fully saturated rings. The SMILES string of the molecule is Cc1cnc(-n2cccc2C#N)c(Br)c1. The van der Waals surface area contributed by atoms with Gasteiger partial charge in [-0.15, -0.1) is 0 Å². The first-order valence-electron chi connectivity index (χ1n) is 4.42. The Labute approximate surface area is 96.1 Å². The summed E-state index contributed by atoms with van der Waals surface area (Å²) in [6.07, 6.45) is 3.60. The topological polar surface area (TPSA) is 41.6 Å². The minimum Gasteiger partial charge on any atom is -0.292 e. The molecular weight excluding hydrogens is 254 g/mol. The summed E-state index contributed by atoms with van der Waals surface area (Å²) < 4.78 is 2.64. The van der Waals surface area contributed by atoms with Crippen LogP contribution in [0.4, 0.5) is 0 Å².